The summed E-state index contributed by atoms with van der Waals surface area (Å²) in [5.41, 5.74) is 1.83. The molecule has 0 atom stereocenters. The number of amides is 1. The van der Waals surface area contributed by atoms with Crippen LogP contribution in [0.3, 0.4) is 0 Å². The Kier molecular flexibility index (Phi) is 8.02. The Morgan fingerprint density at radius 3 is 2.42 bits per heavy atom. The summed E-state index contributed by atoms with van der Waals surface area (Å²) in [6.45, 7) is 4.09. The molecule has 2 N–H and O–H groups in total. The van der Waals surface area contributed by atoms with Gasteiger partial charge in [-0.25, -0.2) is 9.97 Å². The third-order valence-corrected chi connectivity index (χ3v) is 5.53. The van der Waals surface area contributed by atoms with Crippen LogP contribution in [0.4, 0.5) is 5.69 Å². The first-order valence-electron chi connectivity index (χ1n) is 11.5. The van der Waals surface area contributed by atoms with E-state index in [1.54, 1.807) is 51.3 Å². The van der Waals surface area contributed by atoms with E-state index in [1.165, 1.54) is 20.5 Å². The first-order chi connectivity index (χ1) is 18.4. The predicted molar refractivity (Wildman–Crippen MR) is 139 cm³/mol. The van der Waals surface area contributed by atoms with E-state index in [-0.39, 0.29) is 23.1 Å². The molecule has 1 aromatic carbocycles. The van der Waals surface area contributed by atoms with E-state index in [9.17, 15) is 9.59 Å². The number of hydrogen-bond acceptors (Lipinski definition) is 10. The van der Waals surface area contributed by atoms with Crippen molar-refractivity contribution < 1.29 is 28.5 Å². The number of carbonyl (C=O) groups is 1. The summed E-state index contributed by atoms with van der Waals surface area (Å²) in [6, 6.07) is 8.27. The molecule has 4 rings (SSSR count). The summed E-state index contributed by atoms with van der Waals surface area (Å²) in [4.78, 5) is 41.5. The highest BCUT2D eigenvalue weighted by atomic mass is 16.5. The number of aromatic nitrogens is 4. The second kappa shape index (κ2) is 11.6. The minimum absolute atomic E-state index is 0.0224. The number of carbonyl (C=O) groups excluding carboxylic acids is 1. The molecule has 3 heterocycles. The fraction of sp³-hybridized carbons (Fsp3) is 0.269. The van der Waals surface area contributed by atoms with Crippen molar-refractivity contribution >= 4 is 22.6 Å². The quantitative estimate of drug-likeness (QED) is 0.298. The van der Waals surface area contributed by atoms with Crippen molar-refractivity contribution in [3.63, 3.8) is 0 Å². The summed E-state index contributed by atoms with van der Waals surface area (Å²) in [6.07, 6.45) is 1.36. The number of pyridine rings is 2. The number of anilines is 1. The van der Waals surface area contributed by atoms with Crippen LogP contribution in [0.25, 0.3) is 11.0 Å². The minimum atomic E-state index is -0.558. The van der Waals surface area contributed by atoms with Crippen LogP contribution in [0, 0.1) is 13.8 Å². The van der Waals surface area contributed by atoms with E-state index in [4.69, 9.17) is 23.7 Å². The van der Waals surface area contributed by atoms with Gasteiger partial charge in [-0.15, -0.1) is 0 Å². The normalized spacial score (nSPS) is 10.8. The van der Waals surface area contributed by atoms with Gasteiger partial charge in [0.15, 0.2) is 17.0 Å². The third-order valence-electron chi connectivity index (χ3n) is 5.53. The van der Waals surface area contributed by atoms with Gasteiger partial charge in [0.1, 0.15) is 29.8 Å². The number of H-pyrrole nitrogens is 1. The molecule has 0 unspecified atom stereocenters. The average Bonchev–Trinajstić information content (AvgIpc) is 2.89. The van der Waals surface area contributed by atoms with Gasteiger partial charge < -0.3 is 34.0 Å². The van der Waals surface area contributed by atoms with Gasteiger partial charge in [-0.1, -0.05) is 0 Å². The van der Waals surface area contributed by atoms with Gasteiger partial charge in [0.25, 0.3) is 11.8 Å². The molecule has 0 saturated heterocycles. The summed E-state index contributed by atoms with van der Waals surface area (Å²) >= 11 is 0. The van der Waals surface area contributed by atoms with Crippen molar-refractivity contribution in [2.75, 3.05) is 39.9 Å². The molecule has 0 aliphatic carbocycles. The molecule has 12 nitrogen and oxygen atoms in total. The predicted octanol–water partition coefficient (Wildman–Crippen LogP) is 3.42. The van der Waals surface area contributed by atoms with Crippen molar-refractivity contribution in [3.8, 4) is 29.0 Å². The molecule has 0 spiro atoms. The third kappa shape index (κ3) is 5.49. The fourth-order valence-electron chi connectivity index (χ4n) is 3.77. The van der Waals surface area contributed by atoms with Crippen LogP contribution in [0.15, 0.2) is 41.5 Å². The summed E-state index contributed by atoms with van der Waals surface area (Å²) in [5.74, 6) is 0.863. The lowest BCUT2D eigenvalue weighted by molar-refractivity contribution is 0.102. The Morgan fingerprint density at radius 1 is 0.974 bits per heavy atom. The summed E-state index contributed by atoms with van der Waals surface area (Å²) < 4.78 is 27.1. The Morgan fingerprint density at radius 2 is 1.74 bits per heavy atom. The Bertz CT molecular complexity index is 1520. The zero-order valence-electron chi connectivity index (χ0n) is 21.6. The lowest BCUT2D eigenvalue weighted by Gasteiger charge is -2.13. The van der Waals surface area contributed by atoms with E-state index in [2.05, 4.69) is 25.3 Å². The standard InChI is InChI=1S/C26H27N5O7/c1-14-20(22(32)23(35-4)15(2)29-14)24(33)30-16-6-8-17(9-7-16)38-26-21-18(27-13-28-26)12-19(25(31-21)36-5)37-11-10-34-3/h6-9,12-13H,10-11H2,1-5H3,(H,29,32)(H,30,33). The largest absolute Gasteiger partial charge is 0.491 e. The van der Waals surface area contributed by atoms with Crippen LogP contribution in [-0.2, 0) is 4.74 Å². The van der Waals surface area contributed by atoms with Crippen LogP contribution < -0.4 is 29.7 Å². The number of benzene rings is 1. The highest BCUT2D eigenvalue weighted by Gasteiger charge is 2.20. The first-order valence-corrected chi connectivity index (χ1v) is 11.5. The monoisotopic (exact) mass is 521 g/mol. The zero-order chi connectivity index (χ0) is 27.2. The number of nitrogens with one attached hydrogen (secondary N) is 2. The maximum absolute atomic E-state index is 12.9. The average molecular weight is 522 g/mol. The van der Waals surface area contributed by atoms with E-state index in [0.29, 0.717) is 52.8 Å². The van der Waals surface area contributed by atoms with Gasteiger partial charge in [0.05, 0.1) is 26.5 Å². The smallest absolute Gasteiger partial charge is 0.261 e. The van der Waals surface area contributed by atoms with Crippen molar-refractivity contribution in [1.29, 1.82) is 0 Å². The van der Waals surface area contributed by atoms with Crippen molar-refractivity contribution in [2.24, 2.45) is 0 Å². The van der Waals surface area contributed by atoms with E-state index >= 15 is 0 Å². The number of rotatable bonds is 10. The SMILES string of the molecule is COCCOc1cc2ncnc(Oc3ccc(NC(=O)c4c(C)[nH]c(C)c(OC)c4=O)cc3)c2nc1OC. The minimum Gasteiger partial charge on any atom is -0.491 e. The maximum Gasteiger partial charge on any atom is 0.261 e. The molecular formula is C26H27N5O7. The van der Waals surface area contributed by atoms with Crippen LogP contribution in [0.5, 0.6) is 29.0 Å². The van der Waals surface area contributed by atoms with Gasteiger partial charge in [-0.05, 0) is 38.1 Å². The molecule has 0 radical (unpaired) electrons. The van der Waals surface area contributed by atoms with Crippen LogP contribution >= 0.6 is 0 Å². The van der Waals surface area contributed by atoms with Gasteiger partial charge in [0, 0.05) is 24.6 Å². The summed E-state index contributed by atoms with van der Waals surface area (Å²) in [7, 11) is 4.45. The van der Waals surface area contributed by atoms with Gasteiger partial charge in [-0.2, -0.15) is 4.98 Å². The van der Waals surface area contributed by atoms with Crippen LogP contribution in [-0.4, -0.2) is 60.4 Å². The van der Waals surface area contributed by atoms with Gasteiger partial charge in [0.2, 0.25) is 11.3 Å². The molecule has 0 aliphatic heterocycles. The molecule has 198 valence electrons. The lowest BCUT2D eigenvalue weighted by atomic mass is 10.1. The molecule has 3 aromatic heterocycles. The highest BCUT2D eigenvalue weighted by Crippen LogP contribution is 2.33. The number of hydrogen-bond donors (Lipinski definition) is 2. The molecule has 1 amide bonds. The molecule has 0 bridgehead atoms. The second-order valence-electron chi connectivity index (χ2n) is 8.08. The number of nitrogens with zero attached hydrogens (tertiary/aromatic N) is 3. The number of aromatic amines is 1. The lowest BCUT2D eigenvalue weighted by Crippen LogP contribution is -2.25. The van der Waals surface area contributed by atoms with Crippen LogP contribution in [0.2, 0.25) is 0 Å². The molecule has 4 aromatic rings. The van der Waals surface area contributed by atoms with Gasteiger partial charge >= 0.3 is 0 Å². The van der Waals surface area contributed by atoms with Crippen LogP contribution in [0.1, 0.15) is 21.7 Å². The van der Waals surface area contributed by atoms with E-state index < -0.39 is 11.3 Å². The van der Waals surface area contributed by atoms with Crippen molar-refractivity contribution in [2.45, 2.75) is 13.8 Å². The van der Waals surface area contributed by atoms with E-state index in [1.807, 2.05) is 0 Å². The Labute approximate surface area is 217 Å². The number of methoxy groups -OCH3 is 3. The molecule has 12 heteroatoms. The fourth-order valence-corrected chi connectivity index (χ4v) is 3.77. The number of aryl methyl sites for hydroxylation is 2. The van der Waals surface area contributed by atoms with E-state index in [0.717, 1.165) is 0 Å². The topological polar surface area (TPSA) is 147 Å². The second-order valence-corrected chi connectivity index (χ2v) is 8.08. The molecule has 0 aliphatic rings. The Balaban J connectivity index is 1.54. The zero-order valence-corrected chi connectivity index (χ0v) is 21.6. The first kappa shape index (κ1) is 26.4. The Hall–Kier alpha value is -4.71. The van der Waals surface area contributed by atoms with Crippen molar-refractivity contribution in [3.05, 3.63) is 63.8 Å². The summed E-state index contributed by atoms with van der Waals surface area (Å²) in [5, 5.41) is 2.73. The molecule has 38 heavy (non-hydrogen) atoms. The molecular weight excluding hydrogens is 494 g/mol. The van der Waals surface area contributed by atoms with Gasteiger partial charge in [-0.3, -0.25) is 9.59 Å². The van der Waals surface area contributed by atoms with Crippen molar-refractivity contribution in [1.82, 2.24) is 19.9 Å². The number of ether oxygens (including phenoxy) is 5. The molecule has 0 fully saturated rings. The number of fused-ring (bicyclic) bond motifs is 1. The molecule has 0 saturated carbocycles. The maximum atomic E-state index is 12.9. The highest BCUT2D eigenvalue weighted by molar-refractivity contribution is 6.05.